The summed E-state index contributed by atoms with van der Waals surface area (Å²) in [7, 11) is 1.57. The van der Waals surface area contributed by atoms with Crippen molar-refractivity contribution < 1.29 is 19.3 Å². The number of thiophene rings is 1. The highest BCUT2D eigenvalue weighted by atomic mass is 35.5. The number of methoxy groups -OCH3 is 1. The minimum Gasteiger partial charge on any atom is -0.507 e. The fourth-order valence-electron chi connectivity index (χ4n) is 4.13. The Hall–Kier alpha value is -2.93. The van der Waals surface area contributed by atoms with Crippen LogP contribution in [0.15, 0.2) is 66.7 Å². The lowest BCUT2D eigenvalue weighted by molar-refractivity contribution is 0.237. The van der Waals surface area contributed by atoms with Gasteiger partial charge in [0.1, 0.15) is 23.9 Å². The second-order valence-electron chi connectivity index (χ2n) is 8.14. The van der Waals surface area contributed by atoms with E-state index in [0.717, 1.165) is 22.6 Å². The van der Waals surface area contributed by atoms with Crippen LogP contribution >= 0.6 is 23.7 Å². The van der Waals surface area contributed by atoms with E-state index in [1.165, 1.54) is 30.6 Å². The Labute approximate surface area is 209 Å². The summed E-state index contributed by atoms with van der Waals surface area (Å²) < 4.78 is 18.7. The lowest BCUT2D eigenvalue weighted by atomic mass is 10.1. The summed E-state index contributed by atoms with van der Waals surface area (Å²) >= 11 is 1.64. The van der Waals surface area contributed by atoms with Crippen LogP contribution in [-0.2, 0) is 0 Å². The molecule has 1 N–H and O–H groups in total. The summed E-state index contributed by atoms with van der Waals surface area (Å²) in [5.74, 6) is 2.68. The fraction of sp³-hybridized carbons (Fsp3) is 0.259. The van der Waals surface area contributed by atoms with Crippen LogP contribution in [0.25, 0.3) is 20.5 Å². The molecule has 5 nitrogen and oxygen atoms in total. The normalized spacial score (nSPS) is 13.6. The van der Waals surface area contributed by atoms with Crippen LogP contribution in [0.5, 0.6) is 28.7 Å². The van der Waals surface area contributed by atoms with Gasteiger partial charge in [0.05, 0.1) is 7.11 Å². The molecule has 1 aliphatic heterocycles. The van der Waals surface area contributed by atoms with Crippen molar-refractivity contribution in [2.24, 2.45) is 0 Å². The van der Waals surface area contributed by atoms with Crippen LogP contribution in [0.1, 0.15) is 12.8 Å². The molecule has 0 aliphatic carbocycles. The van der Waals surface area contributed by atoms with Crippen molar-refractivity contribution in [1.29, 1.82) is 0 Å². The maximum atomic E-state index is 10.6. The van der Waals surface area contributed by atoms with E-state index in [1.54, 1.807) is 24.5 Å². The number of halogens is 1. The number of benzene rings is 3. The quantitative estimate of drug-likeness (QED) is 0.285. The van der Waals surface area contributed by atoms with Gasteiger partial charge in [0.15, 0.2) is 11.5 Å². The van der Waals surface area contributed by atoms with E-state index in [0.29, 0.717) is 29.4 Å². The van der Waals surface area contributed by atoms with Crippen LogP contribution in [0, 0.1) is 0 Å². The second kappa shape index (κ2) is 11.0. The van der Waals surface area contributed by atoms with E-state index in [9.17, 15) is 5.11 Å². The van der Waals surface area contributed by atoms with Gasteiger partial charge in [-0.2, -0.15) is 0 Å². The van der Waals surface area contributed by atoms with E-state index < -0.39 is 0 Å². The molecule has 34 heavy (non-hydrogen) atoms. The van der Waals surface area contributed by atoms with Gasteiger partial charge < -0.3 is 19.3 Å². The van der Waals surface area contributed by atoms with Gasteiger partial charge in [-0.3, -0.25) is 4.90 Å². The third-order valence-corrected chi connectivity index (χ3v) is 7.05. The lowest BCUT2D eigenvalue weighted by Gasteiger charge is -2.15. The van der Waals surface area contributed by atoms with E-state index in [4.69, 9.17) is 14.2 Å². The first-order valence-electron chi connectivity index (χ1n) is 11.2. The molecule has 0 unspecified atom stereocenters. The average molecular weight is 498 g/mol. The summed E-state index contributed by atoms with van der Waals surface area (Å²) in [5, 5.41) is 11.8. The van der Waals surface area contributed by atoms with Crippen LogP contribution in [0.2, 0.25) is 0 Å². The molecular weight excluding hydrogens is 470 g/mol. The standard InChI is InChI=1S/C27H27NO4S.ClH/c1-30-24-18-23(29)22(27-16-19-6-2-3-7-26(19)33-27)17-25(24)32-21-10-8-20(9-11-21)31-15-14-28-12-4-5-13-28;/h2-3,6-11,16-18,29H,4-5,12-15H2,1H3;1H. The number of ether oxygens (including phenoxy) is 3. The van der Waals surface area contributed by atoms with Crippen molar-refractivity contribution in [3.63, 3.8) is 0 Å². The van der Waals surface area contributed by atoms with Gasteiger partial charge in [0.25, 0.3) is 0 Å². The first kappa shape index (κ1) is 24.2. The zero-order valence-electron chi connectivity index (χ0n) is 19.0. The second-order valence-corrected chi connectivity index (χ2v) is 9.22. The van der Waals surface area contributed by atoms with Gasteiger partial charge in [-0.15, -0.1) is 23.7 Å². The fourth-order valence-corrected chi connectivity index (χ4v) is 5.22. The van der Waals surface area contributed by atoms with E-state index in [-0.39, 0.29) is 18.2 Å². The van der Waals surface area contributed by atoms with E-state index in [2.05, 4.69) is 23.1 Å². The smallest absolute Gasteiger partial charge is 0.170 e. The molecule has 0 saturated carbocycles. The highest BCUT2D eigenvalue weighted by Crippen LogP contribution is 2.44. The molecule has 0 radical (unpaired) electrons. The van der Waals surface area contributed by atoms with E-state index in [1.807, 2.05) is 42.5 Å². The van der Waals surface area contributed by atoms with Crippen molar-refractivity contribution in [2.75, 3.05) is 33.4 Å². The topological polar surface area (TPSA) is 51.2 Å². The van der Waals surface area contributed by atoms with Crippen LogP contribution in [0.3, 0.4) is 0 Å². The largest absolute Gasteiger partial charge is 0.507 e. The minimum absolute atomic E-state index is 0. The zero-order chi connectivity index (χ0) is 22.6. The molecule has 2 heterocycles. The number of phenols is 1. The SMILES string of the molecule is COc1cc(O)c(-c2cc3ccccc3s2)cc1Oc1ccc(OCCN2CCCC2)cc1.Cl. The zero-order valence-corrected chi connectivity index (χ0v) is 20.7. The summed E-state index contributed by atoms with van der Waals surface area (Å²) in [6.07, 6.45) is 2.58. The first-order chi connectivity index (χ1) is 16.2. The number of nitrogens with zero attached hydrogens (tertiary/aromatic N) is 1. The Bertz CT molecular complexity index is 1200. The molecular formula is C27H28ClNO4S. The molecule has 0 bridgehead atoms. The third kappa shape index (κ3) is 5.41. The predicted molar refractivity (Wildman–Crippen MR) is 140 cm³/mol. The van der Waals surface area contributed by atoms with Gasteiger partial charge in [-0.1, -0.05) is 18.2 Å². The molecule has 1 fully saturated rings. The Morgan fingerprint density at radius 1 is 0.912 bits per heavy atom. The average Bonchev–Trinajstić information content (AvgIpc) is 3.51. The maximum absolute atomic E-state index is 10.6. The lowest BCUT2D eigenvalue weighted by Crippen LogP contribution is -2.25. The molecule has 1 saturated heterocycles. The number of rotatable bonds is 8. The van der Waals surface area contributed by atoms with Gasteiger partial charge in [0, 0.05) is 27.8 Å². The van der Waals surface area contributed by atoms with Crippen molar-refractivity contribution >= 4 is 33.8 Å². The molecule has 7 heteroatoms. The number of fused-ring (bicyclic) bond motifs is 1. The summed E-state index contributed by atoms with van der Waals surface area (Å²) in [4.78, 5) is 3.41. The Morgan fingerprint density at radius 3 is 2.38 bits per heavy atom. The van der Waals surface area contributed by atoms with E-state index >= 15 is 0 Å². The monoisotopic (exact) mass is 497 g/mol. The van der Waals surface area contributed by atoms with Crippen molar-refractivity contribution in [1.82, 2.24) is 4.90 Å². The molecule has 5 rings (SSSR count). The maximum Gasteiger partial charge on any atom is 0.170 e. The number of aromatic hydroxyl groups is 1. The number of likely N-dealkylation sites (tertiary alicyclic amines) is 1. The molecule has 0 spiro atoms. The first-order valence-corrected chi connectivity index (χ1v) is 12.0. The van der Waals surface area contributed by atoms with Gasteiger partial charge in [-0.05, 0) is 73.8 Å². The Balaban J connectivity index is 0.00000274. The highest BCUT2D eigenvalue weighted by Gasteiger charge is 2.16. The number of phenolic OH excluding ortho intramolecular Hbond substituents is 1. The number of hydrogen-bond donors (Lipinski definition) is 1. The van der Waals surface area contributed by atoms with Crippen LogP contribution in [0.4, 0.5) is 0 Å². The molecule has 178 valence electrons. The summed E-state index contributed by atoms with van der Waals surface area (Å²) in [5.41, 5.74) is 0.717. The molecule has 1 aromatic heterocycles. The predicted octanol–water partition coefficient (Wildman–Crippen LogP) is 6.97. The van der Waals surface area contributed by atoms with Crippen molar-refractivity contribution in [3.8, 4) is 39.2 Å². The van der Waals surface area contributed by atoms with Crippen LogP contribution in [-0.4, -0.2) is 43.4 Å². The molecule has 1 aliphatic rings. The molecule has 0 amide bonds. The van der Waals surface area contributed by atoms with Crippen molar-refractivity contribution in [3.05, 3.63) is 66.7 Å². The molecule has 0 atom stereocenters. The van der Waals surface area contributed by atoms with Crippen molar-refractivity contribution in [2.45, 2.75) is 12.8 Å². The van der Waals surface area contributed by atoms with Crippen LogP contribution < -0.4 is 14.2 Å². The number of hydrogen-bond acceptors (Lipinski definition) is 6. The van der Waals surface area contributed by atoms with Gasteiger partial charge in [0.2, 0.25) is 0 Å². The highest BCUT2D eigenvalue weighted by molar-refractivity contribution is 7.22. The summed E-state index contributed by atoms with van der Waals surface area (Å²) in [6.45, 7) is 4.00. The molecule has 4 aromatic rings. The summed E-state index contributed by atoms with van der Waals surface area (Å²) in [6, 6.07) is 21.3. The Kier molecular flexibility index (Phi) is 7.83. The molecule has 3 aromatic carbocycles. The third-order valence-electron chi connectivity index (χ3n) is 5.90. The van der Waals surface area contributed by atoms with Gasteiger partial charge in [-0.25, -0.2) is 0 Å². The van der Waals surface area contributed by atoms with Gasteiger partial charge >= 0.3 is 0 Å². The Morgan fingerprint density at radius 2 is 1.65 bits per heavy atom. The minimum atomic E-state index is 0.